The quantitative estimate of drug-likeness (QED) is 0.336. The average Bonchev–Trinajstić information content (AvgIpc) is 3.07. The van der Waals surface area contributed by atoms with Crippen LogP contribution in [0.15, 0.2) is 17.1 Å². The summed E-state index contributed by atoms with van der Waals surface area (Å²) in [6.45, 7) is 1.02. The summed E-state index contributed by atoms with van der Waals surface area (Å²) in [5, 5.41) is 7.01. The Morgan fingerprint density at radius 2 is 2.20 bits per heavy atom. The van der Waals surface area contributed by atoms with E-state index in [1.165, 1.54) is 32.1 Å². The minimum atomic E-state index is 0. The molecule has 4 atom stereocenters. The Bertz CT molecular complexity index is 372. The van der Waals surface area contributed by atoms with Gasteiger partial charge in [-0.15, -0.1) is 24.0 Å². The third kappa shape index (κ3) is 3.87. The maximum absolute atomic E-state index is 5.87. The lowest BCUT2D eigenvalue weighted by molar-refractivity contribution is 0.0992. The third-order valence-corrected chi connectivity index (χ3v) is 4.59. The monoisotopic (exact) mass is 391 g/mol. The van der Waals surface area contributed by atoms with E-state index < -0.39 is 0 Å². The molecule has 2 heterocycles. The molecule has 0 aromatic heterocycles. The van der Waals surface area contributed by atoms with Crippen LogP contribution in [-0.4, -0.2) is 37.8 Å². The molecule has 3 rings (SSSR count). The minimum absolute atomic E-state index is 0. The molecule has 2 aliphatic heterocycles. The fourth-order valence-electron chi connectivity index (χ4n) is 3.44. The average molecular weight is 391 g/mol. The van der Waals surface area contributed by atoms with E-state index >= 15 is 0 Å². The van der Waals surface area contributed by atoms with E-state index in [9.17, 15) is 0 Å². The first-order valence-corrected chi connectivity index (χ1v) is 7.63. The second-order valence-electron chi connectivity index (χ2n) is 5.96. The van der Waals surface area contributed by atoms with Crippen LogP contribution < -0.4 is 10.6 Å². The summed E-state index contributed by atoms with van der Waals surface area (Å²) in [6, 6.07) is 0.455. The summed E-state index contributed by atoms with van der Waals surface area (Å²) in [5.41, 5.74) is 0. The predicted molar refractivity (Wildman–Crippen MR) is 92.7 cm³/mol. The van der Waals surface area contributed by atoms with Gasteiger partial charge >= 0.3 is 0 Å². The molecule has 1 aliphatic carbocycles. The molecule has 0 saturated carbocycles. The number of guanidine groups is 1. The van der Waals surface area contributed by atoms with Gasteiger partial charge < -0.3 is 15.4 Å². The molecule has 0 radical (unpaired) electrons. The number of hydrogen-bond donors (Lipinski definition) is 2. The van der Waals surface area contributed by atoms with E-state index in [0.29, 0.717) is 18.2 Å². The lowest BCUT2D eigenvalue weighted by Gasteiger charge is -2.24. The van der Waals surface area contributed by atoms with Gasteiger partial charge in [0.2, 0.25) is 0 Å². The first-order chi connectivity index (χ1) is 9.35. The molecule has 0 amide bonds. The van der Waals surface area contributed by atoms with Crippen molar-refractivity contribution in [3.63, 3.8) is 0 Å². The van der Waals surface area contributed by atoms with Gasteiger partial charge in [-0.25, -0.2) is 0 Å². The summed E-state index contributed by atoms with van der Waals surface area (Å²) >= 11 is 0. The SMILES string of the molecule is CN=C(NCC1CC=CCC1)NC1CC2CCC1O2.I. The Kier molecular flexibility index (Phi) is 6.14. The van der Waals surface area contributed by atoms with Crippen LogP contribution in [0.4, 0.5) is 0 Å². The first-order valence-electron chi connectivity index (χ1n) is 7.63. The van der Waals surface area contributed by atoms with Crippen molar-refractivity contribution in [1.29, 1.82) is 0 Å². The second-order valence-corrected chi connectivity index (χ2v) is 5.96. The zero-order chi connectivity index (χ0) is 13.1. The lowest BCUT2D eigenvalue weighted by Crippen LogP contribution is -2.48. The van der Waals surface area contributed by atoms with Gasteiger partial charge in [-0.05, 0) is 44.4 Å². The molecule has 0 aromatic carbocycles. The number of ether oxygens (including phenoxy) is 1. The molecule has 3 aliphatic rings. The van der Waals surface area contributed by atoms with Crippen LogP contribution >= 0.6 is 24.0 Å². The van der Waals surface area contributed by atoms with Crippen molar-refractivity contribution >= 4 is 29.9 Å². The van der Waals surface area contributed by atoms with Gasteiger partial charge in [0.15, 0.2) is 5.96 Å². The molecule has 2 bridgehead atoms. The summed E-state index contributed by atoms with van der Waals surface area (Å²) < 4.78 is 5.87. The molecular formula is C15H26IN3O. The van der Waals surface area contributed by atoms with E-state index in [4.69, 9.17) is 4.74 Å². The Morgan fingerprint density at radius 1 is 1.30 bits per heavy atom. The normalized spacial score (nSPS) is 35.8. The van der Waals surface area contributed by atoms with Crippen molar-refractivity contribution < 1.29 is 4.74 Å². The molecular weight excluding hydrogens is 365 g/mol. The van der Waals surface area contributed by atoms with Crippen LogP contribution in [0.2, 0.25) is 0 Å². The maximum atomic E-state index is 5.87. The lowest BCUT2D eigenvalue weighted by atomic mass is 9.94. The van der Waals surface area contributed by atoms with Crippen LogP contribution in [0.3, 0.4) is 0 Å². The standard InChI is InChI=1S/C15H25N3O.HI/c1-16-15(17-10-11-5-3-2-4-6-11)18-13-9-12-7-8-14(13)19-12;/h2-3,11-14H,4-10H2,1H3,(H2,16,17,18);1H. The van der Waals surface area contributed by atoms with Crippen LogP contribution in [0.25, 0.3) is 0 Å². The number of nitrogens with one attached hydrogen (secondary N) is 2. The fraction of sp³-hybridized carbons (Fsp3) is 0.800. The third-order valence-electron chi connectivity index (χ3n) is 4.59. The van der Waals surface area contributed by atoms with Crippen LogP contribution in [0.1, 0.15) is 38.5 Å². The number of allylic oxidation sites excluding steroid dienone is 2. The molecule has 0 spiro atoms. The maximum Gasteiger partial charge on any atom is 0.191 e. The Hall–Kier alpha value is -0.300. The topological polar surface area (TPSA) is 45.7 Å². The Morgan fingerprint density at radius 3 is 2.80 bits per heavy atom. The zero-order valence-corrected chi connectivity index (χ0v) is 14.5. The Labute approximate surface area is 138 Å². The minimum Gasteiger partial charge on any atom is -0.373 e. The highest BCUT2D eigenvalue weighted by Crippen LogP contribution is 2.34. The molecule has 2 N–H and O–H groups in total. The summed E-state index contributed by atoms with van der Waals surface area (Å²) in [7, 11) is 1.85. The number of rotatable bonds is 3. The number of hydrogen-bond acceptors (Lipinski definition) is 2. The highest BCUT2D eigenvalue weighted by molar-refractivity contribution is 14.0. The largest absolute Gasteiger partial charge is 0.373 e. The molecule has 20 heavy (non-hydrogen) atoms. The summed E-state index contributed by atoms with van der Waals surface area (Å²) in [6.07, 6.45) is 12.8. The van der Waals surface area contributed by atoms with Crippen molar-refractivity contribution in [1.82, 2.24) is 10.6 Å². The Balaban J connectivity index is 0.00000147. The van der Waals surface area contributed by atoms with Gasteiger partial charge in [-0.3, -0.25) is 4.99 Å². The van der Waals surface area contributed by atoms with Gasteiger partial charge in [-0.1, -0.05) is 12.2 Å². The van der Waals surface area contributed by atoms with Crippen molar-refractivity contribution in [2.75, 3.05) is 13.6 Å². The zero-order valence-electron chi connectivity index (χ0n) is 12.2. The fourth-order valence-corrected chi connectivity index (χ4v) is 3.44. The van der Waals surface area contributed by atoms with Gasteiger partial charge in [0, 0.05) is 13.6 Å². The van der Waals surface area contributed by atoms with E-state index in [1.54, 1.807) is 0 Å². The van der Waals surface area contributed by atoms with Gasteiger partial charge in [-0.2, -0.15) is 0 Å². The molecule has 2 saturated heterocycles. The molecule has 4 nitrogen and oxygen atoms in total. The second kappa shape index (κ2) is 7.64. The number of aliphatic imine (C=N–C) groups is 1. The van der Waals surface area contributed by atoms with E-state index in [2.05, 4.69) is 27.8 Å². The van der Waals surface area contributed by atoms with Crippen LogP contribution in [0.5, 0.6) is 0 Å². The van der Waals surface area contributed by atoms with Gasteiger partial charge in [0.25, 0.3) is 0 Å². The van der Waals surface area contributed by atoms with Gasteiger partial charge in [0.1, 0.15) is 0 Å². The predicted octanol–water partition coefficient (Wildman–Crippen LogP) is 2.45. The van der Waals surface area contributed by atoms with Crippen molar-refractivity contribution in [2.45, 2.75) is 56.8 Å². The van der Waals surface area contributed by atoms with Crippen molar-refractivity contribution in [3.8, 4) is 0 Å². The first kappa shape index (κ1) is 16.1. The number of fused-ring (bicyclic) bond motifs is 2. The van der Waals surface area contributed by atoms with E-state index in [-0.39, 0.29) is 24.0 Å². The molecule has 0 aromatic rings. The highest BCUT2D eigenvalue weighted by Gasteiger charge is 2.41. The van der Waals surface area contributed by atoms with Gasteiger partial charge in [0.05, 0.1) is 18.2 Å². The summed E-state index contributed by atoms with van der Waals surface area (Å²) in [4.78, 5) is 4.34. The van der Waals surface area contributed by atoms with E-state index in [1.807, 2.05) is 7.05 Å². The van der Waals surface area contributed by atoms with Crippen molar-refractivity contribution in [3.05, 3.63) is 12.2 Å². The van der Waals surface area contributed by atoms with Crippen molar-refractivity contribution in [2.24, 2.45) is 10.9 Å². The van der Waals surface area contributed by atoms with E-state index in [0.717, 1.165) is 24.8 Å². The molecule has 114 valence electrons. The molecule has 4 unspecified atom stereocenters. The number of halogens is 1. The smallest absolute Gasteiger partial charge is 0.191 e. The van der Waals surface area contributed by atoms with Crippen LogP contribution in [-0.2, 0) is 4.74 Å². The number of nitrogens with zero attached hydrogens (tertiary/aromatic N) is 1. The molecule has 5 heteroatoms. The summed E-state index contributed by atoms with van der Waals surface area (Å²) in [5.74, 6) is 1.69. The van der Waals surface area contributed by atoms with Crippen LogP contribution in [0, 0.1) is 5.92 Å². The highest BCUT2D eigenvalue weighted by atomic mass is 127. The molecule has 2 fully saturated rings.